The molecule has 0 spiro atoms. The van der Waals surface area contributed by atoms with Gasteiger partial charge in [0.2, 0.25) is 0 Å². The third-order valence-electron chi connectivity index (χ3n) is 7.15. The van der Waals surface area contributed by atoms with Crippen LogP contribution in [0.5, 0.6) is 0 Å². The number of aldehydes is 1. The van der Waals surface area contributed by atoms with E-state index in [9.17, 15) is 9.59 Å². The molecule has 3 aliphatic rings. The van der Waals surface area contributed by atoms with Crippen molar-refractivity contribution in [3.8, 4) is 0 Å². The molecule has 6 unspecified atom stereocenters. The molecule has 0 amide bonds. The molecule has 2 nitrogen and oxygen atoms in total. The lowest BCUT2D eigenvalue weighted by Crippen LogP contribution is -2.52. The van der Waals surface area contributed by atoms with Gasteiger partial charge in [0.15, 0.2) is 0 Å². The summed E-state index contributed by atoms with van der Waals surface area (Å²) in [4.78, 5) is 24.1. The minimum Gasteiger partial charge on any atom is -0.303 e. The Morgan fingerprint density at radius 3 is 2.54 bits per heavy atom. The molecular formula is C22H34O2. The lowest BCUT2D eigenvalue weighted by atomic mass is 9.48. The molecule has 0 aliphatic heterocycles. The van der Waals surface area contributed by atoms with Gasteiger partial charge in [-0.3, -0.25) is 4.79 Å². The lowest BCUT2D eigenvalue weighted by Gasteiger charge is -2.55. The normalized spacial score (nSPS) is 41.1. The molecule has 3 aliphatic carbocycles. The van der Waals surface area contributed by atoms with Crippen LogP contribution in [0, 0.1) is 35.0 Å². The van der Waals surface area contributed by atoms with E-state index in [-0.39, 0.29) is 17.1 Å². The number of hydrogen-bond acceptors (Lipinski definition) is 2. The topological polar surface area (TPSA) is 34.1 Å². The quantitative estimate of drug-likeness (QED) is 0.637. The van der Waals surface area contributed by atoms with E-state index in [0.29, 0.717) is 23.7 Å². The highest BCUT2D eigenvalue weighted by molar-refractivity contribution is 5.83. The second-order valence-electron chi connectivity index (χ2n) is 8.07. The molecule has 0 radical (unpaired) electrons. The lowest BCUT2D eigenvalue weighted by molar-refractivity contribution is -0.142. The average molecular weight is 331 g/mol. The molecule has 134 valence electrons. The van der Waals surface area contributed by atoms with Crippen molar-refractivity contribution in [2.24, 2.45) is 35.0 Å². The molecule has 0 aromatic carbocycles. The smallest absolute Gasteiger partial charge is 0.135 e. The van der Waals surface area contributed by atoms with Crippen LogP contribution in [0.25, 0.3) is 0 Å². The summed E-state index contributed by atoms with van der Waals surface area (Å²) in [6, 6.07) is 0. The van der Waals surface area contributed by atoms with Gasteiger partial charge in [0.1, 0.15) is 12.1 Å². The molecule has 0 aromatic heterocycles. The largest absolute Gasteiger partial charge is 0.303 e. The van der Waals surface area contributed by atoms with Crippen molar-refractivity contribution in [1.82, 2.24) is 0 Å². The number of carbonyl (C=O) groups is 2. The second-order valence-corrected chi connectivity index (χ2v) is 8.07. The fraction of sp³-hybridized carbons (Fsp3) is 0.727. The number of rotatable bonds is 2. The van der Waals surface area contributed by atoms with Crippen LogP contribution in [0.3, 0.4) is 0 Å². The highest BCUT2D eigenvalue weighted by atomic mass is 16.1. The predicted octanol–water partition coefficient (Wildman–Crippen LogP) is 5.38. The van der Waals surface area contributed by atoms with Gasteiger partial charge < -0.3 is 4.79 Å². The zero-order valence-corrected chi connectivity index (χ0v) is 16.1. The van der Waals surface area contributed by atoms with Crippen molar-refractivity contribution in [2.75, 3.05) is 0 Å². The van der Waals surface area contributed by atoms with Gasteiger partial charge in [-0.05, 0) is 62.7 Å². The van der Waals surface area contributed by atoms with Crippen molar-refractivity contribution in [3.63, 3.8) is 0 Å². The van der Waals surface area contributed by atoms with Crippen molar-refractivity contribution in [1.29, 1.82) is 0 Å². The van der Waals surface area contributed by atoms with E-state index in [2.05, 4.69) is 26.5 Å². The molecule has 0 bridgehead atoms. The number of fused-ring (bicyclic) bond motifs is 3. The molecule has 0 saturated heterocycles. The van der Waals surface area contributed by atoms with Gasteiger partial charge in [-0.15, -0.1) is 0 Å². The summed E-state index contributed by atoms with van der Waals surface area (Å²) in [5.41, 5.74) is 2.43. The maximum Gasteiger partial charge on any atom is 0.135 e. The third kappa shape index (κ3) is 3.05. The summed E-state index contributed by atoms with van der Waals surface area (Å²) in [6.07, 6.45) is 8.61. The average Bonchev–Trinajstić information content (AvgIpc) is 2.58. The van der Waals surface area contributed by atoms with Crippen molar-refractivity contribution < 1.29 is 9.59 Å². The number of allylic oxidation sites excluding steroid dienone is 3. The number of carbonyl (C=O) groups excluding carboxylic acids is 2. The molecule has 24 heavy (non-hydrogen) atoms. The minimum absolute atomic E-state index is 0.0372. The highest BCUT2D eigenvalue weighted by Crippen LogP contribution is 2.58. The van der Waals surface area contributed by atoms with Gasteiger partial charge in [0.25, 0.3) is 0 Å². The zero-order valence-electron chi connectivity index (χ0n) is 16.1. The Kier molecular flexibility index (Phi) is 5.88. The first-order valence-electron chi connectivity index (χ1n) is 9.73. The van der Waals surface area contributed by atoms with E-state index in [1.54, 1.807) is 6.92 Å². The Morgan fingerprint density at radius 2 is 1.96 bits per heavy atom. The summed E-state index contributed by atoms with van der Waals surface area (Å²) < 4.78 is 0. The van der Waals surface area contributed by atoms with Crippen molar-refractivity contribution in [3.05, 3.63) is 23.8 Å². The number of hydrogen-bond donors (Lipinski definition) is 0. The van der Waals surface area contributed by atoms with Gasteiger partial charge in [0.05, 0.1) is 0 Å². The zero-order chi connectivity index (χ0) is 18.1. The molecule has 3 rings (SSSR count). The number of Topliss-reactive ketones (excluding diaryl/α,β-unsaturated/α-hetero) is 1. The summed E-state index contributed by atoms with van der Waals surface area (Å²) in [5.74, 6) is 2.15. The standard InChI is InChI=1S/C20H28O2.C2H6/c1-12-5-7-18-15(9-12)6-8-17-13(2)20(4,14(3)22)10-16(11-21)19(17)18;1-2/h9,11,13,16-19H,1,5-8,10H2,2-4H3;1-2H3. The number of ketones is 1. The van der Waals surface area contributed by atoms with Crippen LogP contribution in [0.1, 0.15) is 66.7 Å². The van der Waals surface area contributed by atoms with Crippen LogP contribution in [-0.4, -0.2) is 12.1 Å². The Hall–Kier alpha value is -1.18. The maximum atomic E-state index is 12.3. The van der Waals surface area contributed by atoms with E-state index in [4.69, 9.17) is 0 Å². The molecule has 2 heteroatoms. The van der Waals surface area contributed by atoms with Crippen molar-refractivity contribution in [2.45, 2.75) is 66.7 Å². The Balaban J connectivity index is 0.00000100. The fourth-order valence-corrected chi connectivity index (χ4v) is 5.58. The monoisotopic (exact) mass is 330 g/mol. The van der Waals surface area contributed by atoms with Crippen LogP contribution >= 0.6 is 0 Å². The third-order valence-corrected chi connectivity index (χ3v) is 7.15. The van der Waals surface area contributed by atoms with Gasteiger partial charge in [-0.1, -0.05) is 51.5 Å². The Labute approximate surface area is 147 Å². The summed E-state index contributed by atoms with van der Waals surface area (Å²) >= 11 is 0. The highest BCUT2D eigenvalue weighted by Gasteiger charge is 2.54. The fourth-order valence-electron chi connectivity index (χ4n) is 5.58. The van der Waals surface area contributed by atoms with E-state index in [1.165, 1.54) is 11.1 Å². The SMILES string of the molecule is C=C1C=C2CCC3C(C(C=O)CC(C)(C(C)=O)C3C)C2CC1.CC. The molecule has 2 fully saturated rings. The summed E-state index contributed by atoms with van der Waals surface area (Å²) in [5, 5.41) is 0. The molecule has 2 saturated carbocycles. The Morgan fingerprint density at radius 1 is 1.29 bits per heavy atom. The molecule has 0 aromatic rings. The maximum absolute atomic E-state index is 12.3. The Bertz CT molecular complexity index is 544. The van der Waals surface area contributed by atoms with Crippen LogP contribution in [0.2, 0.25) is 0 Å². The van der Waals surface area contributed by atoms with E-state index in [1.807, 2.05) is 13.8 Å². The molecule has 0 heterocycles. The molecule has 0 N–H and O–H groups in total. The van der Waals surface area contributed by atoms with Gasteiger partial charge in [-0.2, -0.15) is 0 Å². The summed E-state index contributed by atoms with van der Waals surface area (Å²) in [7, 11) is 0. The first-order chi connectivity index (χ1) is 11.4. The van der Waals surface area contributed by atoms with E-state index >= 15 is 0 Å². The summed E-state index contributed by atoms with van der Waals surface area (Å²) in [6.45, 7) is 14.2. The first-order valence-corrected chi connectivity index (χ1v) is 9.73. The second kappa shape index (κ2) is 7.37. The predicted molar refractivity (Wildman–Crippen MR) is 99.6 cm³/mol. The molecular weight excluding hydrogens is 296 g/mol. The van der Waals surface area contributed by atoms with Gasteiger partial charge in [0, 0.05) is 11.3 Å². The molecule has 6 atom stereocenters. The van der Waals surface area contributed by atoms with E-state index < -0.39 is 0 Å². The van der Waals surface area contributed by atoms with Crippen LogP contribution in [-0.2, 0) is 9.59 Å². The van der Waals surface area contributed by atoms with Crippen LogP contribution in [0.15, 0.2) is 23.8 Å². The van der Waals surface area contributed by atoms with Crippen LogP contribution in [0.4, 0.5) is 0 Å². The van der Waals surface area contributed by atoms with Gasteiger partial charge in [-0.25, -0.2) is 0 Å². The first kappa shape index (κ1) is 19.1. The van der Waals surface area contributed by atoms with Crippen molar-refractivity contribution >= 4 is 12.1 Å². The van der Waals surface area contributed by atoms with Crippen LogP contribution < -0.4 is 0 Å². The van der Waals surface area contributed by atoms with E-state index in [0.717, 1.165) is 38.4 Å². The van der Waals surface area contributed by atoms with Gasteiger partial charge >= 0.3 is 0 Å². The minimum atomic E-state index is -0.327.